The minimum absolute atomic E-state index is 0.963. The van der Waals surface area contributed by atoms with Gasteiger partial charge in [0.15, 0.2) is 0 Å². The van der Waals surface area contributed by atoms with E-state index < -0.39 is 0 Å². The maximum Gasteiger partial charge on any atom is 0.0958 e. The Bertz CT molecular complexity index is 623. The van der Waals surface area contributed by atoms with Crippen molar-refractivity contribution in [2.75, 3.05) is 0 Å². The Balaban J connectivity index is 2.56. The summed E-state index contributed by atoms with van der Waals surface area (Å²) < 4.78 is 2.19. The van der Waals surface area contributed by atoms with Crippen molar-refractivity contribution in [3.63, 3.8) is 0 Å². The van der Waals surface area contributed by atoms with Crippen molar-refractivity contribution in [3.8, 4) is 0 Å². The Morgan fingerprint density at radius 2 is 2.00 bits per heavy atom. The molecule has 0 atom stereocenters. The van der Waals surface area contributed by atoms with E-state index in [9.17, 15) is 0 Å². The maximum absolute atomic E-state index is 4.40. The van der Waals surface area contributed by atoms with Crippen LogP contribution < -0.4 is 0 Å². The molecule has 0 amide bonds. The lowest BCUT2D eigenvalue weighted by atomic mass is 10.1. The van der Waals surface area contributed by atoms with Gasteiger partial charge in [0.2, 0.25) is 0 Å². The van der Waals surface area contributed by atoms with Crippen LogP contribution in [0.5, 0.6) is 0 Å². The second kappa shape index (κ2) is 3.09. The average molecular weight is 196 g/mol. The van der Waals surface area contributed by atoms with Gasteiger partial charge in [-0.3, -0.25) is 0 Å². The summed E-state index contributed by atoms with van der Waals surface area (Å²) in [5.74, 6) is 0. The number of aryl methyl sites for hydroxylation is 1. The maximum atomic E-state index is 4.40. The Labute approximate surface area is 88.2 Å². The molecular formula is C13H12N2. The van der Waals surface area contributed by atoms with Gasteiger partial charge < -0.3 is 4.57 Å². The molecule has 0 radical (unpaired) electrons. The van der Waals surface area contributed by atoms with E-state index in [2.05, 4.69) is 52.9 Å². The van der Waals surface area contributed by atoms with E-state index in [4.69, 9.17) is 0 Å². The van der Waals surface area contributed by atoms with Gasteiger partial charge in [-0.1, -0.05) is 30.3 Å². The predicted octanol–water partition coefficient (Wildman–Crippen LogP) is 3.21. The van der Waals surface area contributed by atoms with E-state index >= 15 is 0 Å². The van der Waals surface area contributed by atoms with Gasteiger partial charge in [0, 0.05) is 11.9 Å². The topological polar surface area (TPSA) is 17.8 Å². The van der Waals surface area contributed by atoms with Crippen molar-refractivity contribution in [1.82, 2.24) is 9.55 Å². The molecule has 0 aliphatic rings. The molecule has 0 fully saturated rings. The van der Waals surface area contributed by atoms with Gasteiger partial charge in [-0.25, -0.2) is 4.98 Å². The van der Waals surface area contributed by atoms with Crippen molar-refractivity contribution in [2.45, 2.75) is 13.5 Å². The Hall–Kier alpha value is -1.83. The summed E-state index contributed by atoms with van der Waals surface area (Å²) >= 11 is 0. The van der Waals surface area contributed by atoms with Crippen LogP contribution in [0.25, 0.3) is 21.8 Å². The number of benzene rings is 2. The lowest BCUT2D eigenvalue weighted by Gasteiger charge is -2.03. The molecule has 0 unspecified atom stereocenters. The standard InChI is InChI=1S/C13H12N2/c1-2-15-9-14-12-8-7-10-5-3-4-6-11(10)13(12)15/h3-9H,2H2,1H3. The quantitative estimate of drug-likeness (QED) is 0.584. The smallest absolute Gasteiger partial charge is 0.0958 e. The highest BCUT2D eigenvalue weighted by Gasteiger charge is 2.04. The Kier molecular flexibility index (Phi) is 1.75. The molecule has 0 aliphatic carbocycles. The Morgan fingerprint density at radius 3 is 2.87 bits per heavy atom. The SMILES string of the molecule is CCn1cnc2ccc3ccccc3c21. The minimum atomic E-state index is 0.963. The average Bonchev–Trinajstić information content (AvgIpc) is 2.72. The van der Waals surface area contributed by atoms with Crippen molar-refractivity contribution in [2.24, 2.45) is 0 Å². The first kappa shape index (κ1) is 8.48. The van der Waals surface area contributed by atoms with Crippen LogP contribution >= 0.6 is 0 Å². The van der Waals surface area contributed by atoms with Crippen LogP contribution in [0, 0.1) is 0 Å². The molecule has 0 saturated heterocycles. The number of hydrogen-bond acceptors (Lipinski definition) is 1. The number of aromatic nitrogens is 2. The number of imidazole rings is 1. The molecule has 74 valence electrons. The second-order valence-corrected chi connectivity index (χ2v) is 3.69. The summed E-state index contributed by atoms with van der Waals surface area (Å²) in [6, 6.07) is 12.7. The van der Waals surface area contributed by atoms with Crippen molar-refractivity contribution in [3.05, 3.63) is 42.7 Å². The first-order valence-corrected chi connectivity index (χ1v) is 5.22. The highest BCUT2D eigenvalue weighted by Crippen LogP contribution is 2.24. The van der Waals surface area contributed by atoms with Gasteiger partial charge in [-0.15, -0.1) is 0 Å². The van der Waals surface area contributed by atoms with Crippen molar-refractivity contribution < 1.29 is 0 Å². The van der Waals surface area contributed by atoms with Crippen LogP contribution in [0.3, 0.4) is 0 Å². The van der Waals surface area contributed by atoms with E-state index in [0.29, 0.717) is 0 Å². The number of hydrogen-bond donors (Lipinski definition) is 0. The molecule has 1 heterocycles. The fourth-order valence-electron chi connectivity index (χ4n) is 2.08. The van der Waals surface area contributed by atoms with E-state index in [-0.39, 0.29) is 0 Å². The van der Waals surface area contributed by atoms with Gasteiger partial charge in [0.25, 0.3) is 0 Å². The fraction of sp³-hybridized carbons (Fsp3) is 0.154. The molecule has 2 heteroatoms. The lowest BCUT2D eigenvalue weighted by molar-refractivity contribution is 0.789. The monoisotopic (exact) mass is 196 g/mol. The first-order chi connectivity index (χ1) is 7.40. The van der Waals surface area contributed by atoms with E-state index in [1.807, 2.05) is 6.33 Å². The van der Waals surface area contributed by atoms with Crippen LogP contribution in [0.15, 0.2) is 42.7 Å². The third-order valence-corrected chi connectivity index (χ3v) is 2.84. The van der Waals surface area contributed by atoms with Crippen LogP contribution in [-0.4, -0.2) is 9.55 Å². The zero-order valence-corrected chi connectivity index (χ0v) is 8.64. The fourth-order valence-corrected chi connectivity index (χ4v) is 2.08. The van der Waals surface area contributed by atoms with E-state index in [1.54, 1.807) is 0 Å². The highest BCUT2D eigenvalue weighted by atomic mass is 15.0. The van der Waals surface area contributed by atoms with E-state index in [0.717, 1.165) is 12.1 Å². The minimum Gasteiger partial charge on any atom is -0.330 e. The van der Waals surface area contributed by atoms with Gasteiger partial charge >= 0.3 is 0 Å². The van der Waals surface area contributed by atoms with Crippen LogP contribution in [0.2, 0.25) is 0 Å². The normalized spacial score (nSPS) is 11.3. The van der Waals surface area contributed by atoms with Crippen molar-refractivity contribution >= 4 is 21.8 Å². The van der Waals surface area contributed by atoms with Gasteiger partial charge in [0.05, 0.1) is 17.4 Å². The highest BCUT2D eigenvalue weighted by molar-refractivity contribution is 6.04. The van der Waals surface area contributed by atoms with Gasteiger partial charge in [-0.05, 0) is 18.4 Å². The molecule has 0 bridgehead atoms. The molecule has 3 aromatic rings. The van der Waals surface area contributed by atoms with Crippen LogP contribution in [0.4, 0.5) is 0 Å². The van der Waals surface area contributed by atoms with Crippen LogP contribution in [0.1, 0.15) is 6.92 Å². The Morgan fingerprint density at radius 1 is 1.13 bits per heavy atom. The molecule has 0 saturated carbocycles. The molecule has 1 aromatic heterocycles. The largest absolute Gasteiger partial charge is 0.330 e. The summed E-state index contributed by atoms with van der Waals surface area (Å²) in [5.41, 5.74) is 2.33. The zero-order chi connectivity index (χ0) is 10.3. The number of nitrogens with zero attached hydrogens (tertiary/aromatic N) is 2. The number of rotatable bonds is 1. The molecule has 2 nitrogen and oxygen atoms in total. The molecule has 0 spiro atoms. The number of fused-ring (bicyclic) bond motifs is 3. The summed E-state index contributed by atoms with van der Waals surface area (Å²) in [4.78, 5) is 4.40. The van der Waals surface area contributed by atoms with Crippen molar-refractivity contribution in [1.29, 1.82) is 0 Å². The second-order valence-electron chi connectivity index (χ2n) is 3.69. The molecular weight excluding hydrogens is 184 g/mol. The molecule has 2 aromatic carbocycles. The van der Waals surface area contributed by atoms with Crippen LogP contribution in [-0.2, 0) is 6.54 Å². The van der Waals surface area contributed by atoms with Gasteiger partial charge in [-0.2, -0.15) is 0 Å². The lowest BCUT2D eigenvalue weighted by Crippen LogP contribution is -1.91. The summed E-state index contributed by atoms with van der Waals surface area (Å²) in [7, 11) is 0. The molecule has 0 aliphatic heterocycles. The molecule has 3 rings (SSSR count). The van der Waals surface area contributed by atoms with Gasteiger partial charge in [0.1, 0.15) is 0 Å². The molecule has 0 N–H and O–H groups in total. The first-order valence-electron chi connectivity index (χ1n) is 5.22. The molecule has 15 heavy (non-hydrogen) atoms. The third kappa shape index (κ3) is 1.14. The summed E-state index contributed by atoms with van der Waals surface area (Å²) in [5, 5.41) is 2.56. The third-order valence-electron chi connectivity index (χ3n) is 2.84. The predicted molar refractivity (Wildman–Crippen MR) is 62.9 cm³/mol. The van der Waals surface area contributed by atoms with E-state index in [1.165, 1.54) is 16.3 Å². The zero-order valence-electron chi connectivity index (χ0n) is 8.64. The summed E-state index contributed by atoms with van der Waals surface area (Å²) in [6.07, 6.45) is 1.91. The summed E-state index contributed by atoms with van der Waals surface area (Å²) in [6.45, 7) is 3.10.